The van der Waals surface area contributed by atoms with Crippen LogP contribution in [0.3, 0.4) is 0 Å². The minimum absolute atomic E-state index is 0.0723. The van der Waals surface area contributed by atoms with Gasteiger partial charge in [0.15, 0.2) is 23.8 Å². The van der Waals surface area contributed by atoms with Gasteiger partial charge in [0.2, 0.25) is 5.89 Å². The molecule has 8 nitrogen and oxygen atoms in total. The largest absolute Gasteiger partial charge is 0.586 e. The number of morpholine rings is 1. The highest BCUT2D eigenvalue weighted by Gasteiger charge is 2.43. The van der Waals surface area contributed by atoms with E-state index in [1.54, 1.807) is 4.90 Å². The van der Waals surface area contributed by atoms with Gasteiger partial charge >= 0.3 is 6.29 Å². The lowest BCUT2D eigenvalue weighted by Crippen LogP contribution is -2.40. The van der Waals surface area contributed by atoms with Gasteiger partial charge in [-0.2, -0.15) is 0 Å². The molecule has 2 aliphatic rings. The Morgan fingerprint density at radius 3 is 2.81 bits per heavy atom. The van der Waals surface area contributed by atoms with Crippen molar-refractivity contribution >= 4 is 5.91 Å². The summed E-state index contributed by atoms with van der Waals surface area (Å²) in [5, 5.41) is 0. The monoisotopic (exact) mass is 368 g/mol. The summed E-state index contributed by atoms with van der Waals surface area (Å²) in [7, 11) is 0. The third-order valence-corrected chi connectivity index (χ3v) is 3.80. The number of fused-ring (bicyclic) bond motifs is 1. The molecule has 26 heavy (non-hydrogen) atoms. The van der Waals surface area contributed by atoms with Crippen molar-refractivity contribution in [1.82, 2.24) is 9.88 Å². The fourth-order valence-corrected chi connectivity index (χ4v) is 2.57. The molecule has 2 aliphatic heterocycles. The zero-order chi connectivity index (χ0) is 18.1. The summed E-state index contributed by atoms with van der Waals surface area (Å²) in [5.74, 6) is 0.0162. The number of rotatable bonds is 4. The fourth-order valence-electron chi connectivity index (χ4n) is 2.57. The Bertz CT molecular complexity index is 819. The molecule has 1 aromatic heterocycles. The maximum absolute atomic E-state index is 13.0. The first-order chi connectivity index (χ1) is 12.5. The maximum atomic E-state index is 13.0. The van der Waals surface area contributed by atoms with Crippen LogP contribution in [0.15, 0.2) is 28.9 Å². The SMILES string of the molecule is O=C(c1coc(COc2ccc3c(c2)OC(F)(F)O3)n1)N1CCOCC1. The second-order valence-electron chi connectivity index (χ2n) is 5.60. The van der Waals surface area contributed by atoms with Crippen LogP contribution in [-0.4, -0.2) is 48.4 Å². The molecule has 138 valence electrons. The number of alkyl halides is 2. The number of ether oxygens (including phenoxy) is 4. The second kappa shape index (κ2) is 6.45. The first kappa shape index (κ1) is 16.6. The molecular formula is C16H14F2N2O6. The number of nitrogens with zero attached hydrogens (tertiary/aromatic N) is 2. The molecule has 10 heteroatoms. The number of benzene rings is 1. The van der Waals surface area contributed by atoms with E-state index in [0.717, 1.165) is 0 Å². The van der Waals surface area contributed by atoms with Crippen molar-refractivity contribution in [2.75, 3.05) is 26.3 Å². The smallest absolute Gasteiger partial charge is 0.484 e. The van der Waals surface area contributed by atoms with Gasteiger partial charge in [-0.15, -0.1) is 8.78 Å². The van der Waals surface area contributed by atoms with Crippen molar-refractivity contribution in [1.29, 1.82) is 0 Å². The van der Waals surface area contributed by atoms with Crippen molar-refractivity contribution in [3.63, 3.8) is 0 Å². The first-order valence-corrected chi connectivity index (χ1v) is 7.84. The molecule has 1 amide bonds. The van der Waals surface area contributed by atoms with Crippen LogP contribution in [0, 0.1) is 0 Å². The number of carbonyl (C=O) groups is 1. The lowest BCUT2D eigenvalue weighted by molar-refractivity contribution is -0.286. The predicted octanol–water partition coefficient (Wildman–Crippen LogP) is 2.05. The summed E-state index contributed by atoms with van der Waals surface area (Å²) in [5.41, 5.74) is 0.177. The van der Waals surface area contributed by atoms with E-state index in [2.05, 4.69) is 14.5 Å². The summed E-state index contributed by atoms with van der Waals surface area (Å²) in [6.07, 6.45) is -2.42. The summed E-state index contributed by atoms with van der Waals surface area (Å²) < 4.78 is 50.5. The summed E-state index contributed by atoms with van der Waals surface area (Å²) in [6, 6.07) is 4.04. The van der Waals surface area contributed by atoms with Crippen LogP contribution in [0.25, 0.3) is 0 Å². The lowest BCUT2D eigenvalue weighted by Gasteiger charge is -2.25. The topological polar surface area (TPSA) is 83.3 Å². The number of hydrogen-bond acceptors (Lipinski definition) is 7. The van der Waals surface area contributed by atoms with E-state index in [-0.39, 0.29) is 41.3 Å². The van der Waals surface area contributed by atoms with E-state index in [9.17, 15) is 13.6 Å². The normalized spacial score (nSPS) is 18.0. The van der Waals surface area contributed by atoms with E-state index in [1.807, 2.05) is 0 Å². The zero-order valence-electron chi connectivity index (χ0n) is 13.4. The number of halogens is 2. The Balaban J connectivity index is 1.37. The maximum Gasteiger partial charge on any atom is 0.586 e. The summed E-state index contributed by atoms with van der Waals surface area (Å²) in [4.78, 5) is 18.0. The Kier molecular flexibility index (Phi) is 4.11. The molecule has 3 heterocycles. The van der Waals surface area contributed by atoms with Crippen LogP contribution < -0.4 is 14.2 Å². The quantitative estimate of drug-likeness (QED) is 0.817. The highest BCUT2D eigenvalue weighted by Crippen LogP contribution is 2.42. The van der Waals surface area contributed by atoms with Crippen LogP contribution in [-0.2, 0) is 11.3 Å². The molecule has 0 N–H and O–H groups in total. The van der Waals surface area contributed by atoms with Gasteiger partial charge in [0, 0.05) is 19.2 Å². The Morgan fingerprint density at radius 2 is 2.00 bits per heavy atom. The molecule has 1 aromatic carbocycles. The first-order valence-electron chi connectivity index (χ1n) is 7.84. The number of amides is 1. The van der Waals surface area contributed by atoms with Gasteiger partial charge in [0.05, 0.1) is 13.2 Å². The van der Waals surface area contributed by atoms with Crippen LogP contribution in [0.2, 0.25) is 0 Å². The van der Waals surface area contributed by atoms with E-state index >= 15 is 0 Å². The van der Waals surface area contributed by atoms with Gasteiger partial charge < -0.3 is 28.3 Å². The molecule has 0 spiro atoms. The molecule has 0 saturated carbocycles. The van der Waals surface area contributed by atoms with Crippen molar-refractivity contribution in [3.8, 4) is 17.2 Å². The molecule has 2 aromatic rings. The fraction of sp³-hybridized carbons (Fsp3) is 0.375. The minimum atomic E-state index is -3.68. The molecule has 1 saturated heterocycles. The molecule has 0 bridgehead atoms. The van der Waals surface area contributed by atoms with Crippen molar-refractivity contribution in [2.45, 2.75) is 12.9 Å². The highest BCUT2D eigenvalue weighted by atomic mass is 19.3. The van der Waals surface area contributed by atoms with Crippen LogP contribution in [0.1, 0.15) is 16.4 Å². The van der Waals surface area contributed by atoms with E-state index < -0.39 is 6.29 Å². The minimum Gasteiger partial charge on any atom is -0.484 e. The molecule has 4 rings (SSSR count). The molecule has 0 unspecified atom stereocenters. The second-order valence-corrected chi connectivity index (χ2v) is 5.60. The zero-order valence-corrected chi connectivity index (χ0v) is 13.4. The van der Waals surface area contributed by atoms with Crippen molar-refractivity contribution in [2.24, 2.45) is 0 Å². The third-order valence-electron chi connectivity index (χ3n) is 3.80. The summed E-state index contributed by atoms with van der Waals surface area (Å²) in [6.45, 7) is 1.90. The van der Waals surface area contributed by atoms with Gasteiger partial charge in [0.25, 0.3) is 5.91 Å². The van der Waals surface area contributed by atoms with Gasteiger partial charge in [-0.1, -0.05) is 0 Å². The van der Waals surface area contributed by atoms with Crippen LogP contribution >= 0.6 is 0 Å². The number of oxazole rings is 1. The molecule has 1 fully saturated rings. The Hall–Kier alpha value is -2.88. The lowest BCUT2D eigenvalue weighted by atomic mass is 10.3. The average Bonchev–Trinajstić information content (AvgIpc) is 3.22. The van der Waals surface area contributed by atoms with E-state index in [0.29, 0.717) is 26.3 Å². The number of aromatic nitrogens is 1. The average molecular weight is 368 g/mol. The van der Waals surface area contributed by atoms with Gasteiger partial charge in [-0.05, 0) is 12.1 Å². The van der Waals surface area contributed by atoms with Crippen molar-refractivity contribution in [3.05, 3.63) is 36.0 Å². The standard InChI is InChI=1S/C16H14F2N2O6/c17-16(18)25-12-2-1-10(7-13(12)26-16)23-9-14-19-11(8-24-14)15(21)20-3-5-22-6-4-20/h1-2,7-8H,3-6,9H2. The van der Waals surface area contributed by atoms with Crippen LogP contribution in [0.5, 0.6) is 17.2 Å². The Morgan fingerprint density at radius 1 is 1.23 bits per heavy atom. The summed E-state index contributed by atoms with van der Waals surface area (Å²) >= 11 is 0. The third kappa shape index (κ3) is 3.40. The van der Waals surface area contributed by atoms with E-state index in [4.69, 9.17) is 13.9 Å². The predicted molar refractivity (Wildman–Crippen MR) is 80.2 cm³/mol. The highest BCUT2D eigenvalue weighted by molar-refractivity contribution is 5.92. The number of carbonyl (C=O) groups excluding carboxylic acids is 1. The number of hydrogen-bond donors (Lipinski definition) is 0. The van der Waals surface area contributed by atoms with Gasteiger partial charge in [-0.25, -0.2) is 4.98 Å². The van der Waals surface area contributed by atoms with Gasteiger partial charge in [0.1, 0.15) is 12.0 Å². The molecule has 0 radical (unpaired) electrons. The van der Waals surface area contributed by atoms with Gasteiger partial charge in [-0.3, -0.25) is 4.79 Å². The van der Waals surface area contributed by atoms with Crippen LogP contribution in [0.4, 0.5) is 8.78 Å². The molecule has 0 aliphatic carbocycles. The Labute approximate surface area is 146 Å². The molecular weight excluding hydrogens is 354 g/mol. The van der Waals surface area contributed by atoms with E-state index in [1.165, 1.54) is 24.5 Å². The molecule has 0 atom stereocenters. The van der Waals surface area contributed by atoms with Crippen molar-refractivity contribution < 1.29 is 36.9 Å².